The number of alkyl carbamates (subject to hydrolysis) is 1. The number of amides is 3. The Labute approximate surface area is 239 Å². The van der Waals surface area contributed by atoms with Crippen LogP contribution in [0.5, 0.6) is 0 Å². The van der Waals surface area contributed by atoms with Gasteiger partial charge in [-0.15, -0.1) is 0 Å². The van der Waals surface area contributed by atoms with Crippen LogP contribution in [0, 0.1) is 6.92 Å². The molecular weight excluding hydrogens is 502 g/mol. The van der Waals surface area contributed by atoms with Gasteiger partial charge in [0.05, 0.1) is 0 Å². The number of benzene rings is 2. The third-order valence-electron chi connectivity index (χ3n) is 7.96. The van der Waals surface area contributed by atoms with Crippen molar-refractivity contribution in [1.82, 2.24) is 15.5 Å². The smallest absolute Gasteiger partial charge is 0.408 e. The van der Waals surface area contributed by atoms with Crippen LogP contribution in [0.15, 0.2) is 54.6 Å². The van der Waals surface area contributed by atoms with E-state index in [1.807, 2.05) is 61.5 Å². The van der Waals surface area contributed by atoms with E-state index >= 15 is 0 Å². The molecule has 0 heterocycles. The number of hydrogen-bond acceptors (Lipinski definition) is 4. The molecule has 2 aromatic carbocycles. The zero-order valence-corrected chi connectivity index (χ0v) is 24.4. The largest absolute Gasteiger partial charge is 0.444 e. The lowest BCUT2D eigenvalue weighted by atomic mass is 9.86. The third kappa shape index (κ3) is 7.86. The van der Waals surface area contributed by atoms with E-state index in [4.69, 9.17) is 4.74 Å². The molecular formula is C33H45N3O4. The topological polar surface area (TPSA) is 87.7 Å². The molecule has 2 atom stereocenters. The van der Waals surface area contributed by atoms with Gasteiger partial charge in [0, 0.05) is 18.5 Å². The average Bonchev–Trinajstić information content (AvgIpc) is 2.87. The van der Waals surface area contributed by atoms with Crippen molar-refractivity contribution >= 4 is 17.9 Å². The van der Waals surface area contributed by atoms with E-state index in [0.29, 0.717) is 6.42 Å². The van der Waals surface area contributed by atoms with Crippen LogP contribution >= 0.6 is 0 Å². The maximum atomic E-state index is 14.6. The summed E-state index contributed by atoms with van der Waals surface area (Å²) in [5.41, 5.74) is 2.00. The second kappa shape index (κ2) is 13.3. The molecule has 2 aliphatic carbocycles. The van der Waals surface area contributed by atoms with E-state index in [0.717, 1.165) is 61.6 Å². The highest BCUT2D eigenvalue weighted by Crippen LogP contribution is 2.35. The Kier molecular flexibility index (Phi) is 9.88. The first-order valence-corrected chi connectivity index (χ1v) is 14.8. The Morgan fingerprint density at radius 2 is 1.55 bits per heavy atom. The van der Waals surface area contributed by atoms with Gasteiger partial charge in [0.1, 0.15) is 17.7 Å². The second-order valence-corrected chi connectivity index (χ2v) is 12.3. The number of ether oxygens (including phenoxy) is 1. The summed E-state index contributed by atoms with van der Waals surface area (Å²) < 4.78 is 5.55. The first-order chi connectivity index (χ1) is 19.1. The number of hydrogen-bond donors (Lipinski definition) is 2. The highest BCUT2D eigenvalue weighted by molar-refractivity contribution is 5.93. The predicted molar refractivity (Wildman–Crippen MR) is 157 cm³/mol. The fourth-order valence-electron chi connectivity index (χ4n) is 5.70. The van der Waals surface area contributed by atoms with Crippen LogP contribution in [0.3, 0.4) is 0 Å². The van der Waals surface area contributed by atoms with Gasteiger partial charge in [-0.25, -0.2) is 4.79 Å². The van der Waals surface area contributed by atoms with Crippen molar-refractivity contribution < 1.29 is 19.1 Å². The van der Waals surface area contributed by atoms with E-state index in [1.54, 1.807) is 25.7 Å². The molecule has 4 rings (SSSR count). The number of nitrogens with zero attached hydrogens (tertiary/aromatic N) is 1. The molecule has 0 radical (unpaired) electrons. The molecule has 7 nitrogen and oxygen atoms in total. The first-order valence-electron chi connectivity index (χ1n) is 14.8. The molecule has 0 aromatic heterocycles. The van der Waals surface area contributed by atoms with Crippen LogP contribution in [-0.4, -0.2) is 46.5 Å². The van der Waals surface area contributed by atoms with Crippen LogP contribution < -0.4 is 10.6 Å². The average molecular weight is 548 g/mol. The first kappa shape index (κ1) is 29.6. The predicted octanol–water partition coefficient (Wildman–Crippen LogP) is 6.00. The third-order valence-corrected chi connectivity index (χ3v) is 7.96. The molecule has 2 unspecified atom stereocenters. The van der Waals surface area contributed by atoms with E-state index in [9.17, 15) is 14.4 Å². The molecule has 0 saturated heterocycles. The van der Waals surface area contributed by atoms with Crippen molar-refractivity contribution in [2.45, 2.75) is 115 Å². The van der Waals surface area contributed by atoms with Crippen LogP contribution in [0.25, 0.3) is 0 Å². The molecule has 2 fully saturated rings. The van der Waals surface area contributed by atoms with Gasteiger partial charge in [0.15, 0.2) is 0 Å². The summed E-state index contributed by atoms with van der Waals surface area (Å²) in [6, 6.07) is 15.8. The van der Waals surface area contributed by atoms with Gasteiger partial charge in [-0.2, -0.15) is 0 Å². The summed E-state index contributed by atoms with van der Waals surface area (Å²) in [6.07, 6.45) is 7.63. The van der Waals surface area contributed by atoms with Crippen molar-refractivity contribution in [3.05, 3.63) is 71.3 Å². The lowest BCUT2D eigenvalue weighted by Crippen LogP contribution is -2.58. The fourth-order valence-corrected chi connectivity index (χ4v) is 5.70. The Morgan fingerprint density at radius 3 is 2.15 bits per heavy atom. The number of aryl methyl sites for hydroxylation is 1. The van der Waals surface area contributed by atoms with Crippen molar-refractivity contribution in [3.8, 4) is 0 Å². The van der Waals surface area contributed by atoms with Gasteiger partial charge in [0.2, 0.25) is 11.8 Å². The van der Waals surface area contributed by atoms with Gasteiger partial charge in [0.25, 0.3) is 0 Å². The molecule has 0 aliphatic heterocycles. The zero-order valence-electron chi connectivity index (χ0n) is 24.4. The molecule has 2 saturated carbocycles. The van der Waals surface area contributed by atoms with Crippen molar-refractivity contribution in [3.63, 3.8) is 0 Å². The van der Waals surface area contributed by atoms with Crippen molar-refractivity contribution in [2.75, 3.05) is 0 Å². The Hall–Kier alpha value is -3.35. The normalized spacial score (nSPS) is 17.7. The summed E-state index contributed by atoms with van der Waals surface area (Å²) in [6.45, 7) is 7.38. The van der Waals surface area contributed by atoms with E-state index in [2.05, 4.69) is 10.6 Å². The molecule has 40 heavy (non-hydrogen) atoms. The Bertz CT molecular complexity index is 1150. The molecule has 2 N–H and O–H groups in total. The highest BCUT2D eigenvalue weighted by atomic mass is 16.6. The van der Waals surface area contributed by atoms with Crippen LogP contribution in [-0.2, 0) is 20.7 Å². The van der Waals surface area contributed by atoms with Crippen LogP contribution in [0.2, 0.25) is 0 Å². The summed E-state index contributed by atoms with van der Waals surface area (Å²) in [5, 5.41) is 6.16. The van der Waals surface area contributed by atoms with Crippen LogP contribution in [0.1, 0.15) is 94.9 Å². The molecule has 2 aromatic rings. The number of rotatable bonds is 9. The lowest BCUT2D eigenvalue weighted by Gasteiger charge is -2.44. The molecule has 2 aliphatic rings. The minimum absolute atomic E-state index is 0.0760. The fraction of sp³-hybridized carbons (Fsp3) is 0.545. The molecule has 216 valence electrons. The van der Waals surface area contributed by atoms with Crippen molar-refractivity contribution in [2.24, 2.45) is 0 Å². The van der Waals surface area contributed by atoms with E-state index < -0.39 is 23.8 Å². The van der Waals surface area contributed by atoms with Gasteiger partial charge in [-0.1, -0.05) is 73.9 Å². The summed E-state index contributed by atoms with van der Waals surface area (Å²) in [4.78, 5) is 43.4. The maximum absolute atomic E-state index is 14.6. The molecule has 0 spiro atoms. The monoisotopic (exact) mass is 547 g/mol. The van der Waals surface area contributed by atoms with E-state index in [-0.39, 0.29) is 23.9 Å². The zero-order chi connectivity index (χ0) is 28.7. The second-order valence-electron chi connectivity index (χ2n) is 12.3. The highest BCUT2D eigenvalue weighted by Gasteiger charge is 2.42. The van der Waals surface area contributed by atoms with Crippen LogP contribution in [0.4, 0.5) is 4.79 Å². The van der Waals surface area contributed by atoms with Gasteiger partial charge in [-0.3, -0.25) is 9.59 Å². The quantitative estimate of drug-likeness (QED) is 0.403. The minimum atomic E-state index is -0.883. The molecule has 0 bridgehead atoms. The minimum Gasteiger partial charge on any atom is -0.444 e. The maximum Gasteiger partial charge on any atom is 0.408 e. The summed E-state index contributed by atoms with van der Waals surface area (Å²) in [7, 11) is 0. The molecule has 7 heteroatoms. The lowest BCUT2D eigenvalue weighted by molar-refractivity contribution is -0.147. The Balaban J connectivity index is 1.70. The van der Waals surface area contributed by atoms with Gasteiger partial charge >= 0.3 is 6.09 Å². The van der Waals surface area contributed by atoms with E-state index in [1.165, 1.54) is 6.42 Å². The Morgan fingerprint density at radius 1 is 0.900 bits per heavy atom. The summed E-state index contributed by atoms with van der Waals surface area (Å²) in [5.74, 6) is -0.399. The van der Waals surface area contributed by atoms with Crippen molar-refractivity contribution in [1.29, 1.82) is 0 Å². The van der Waals surface area contributed by atoms with Gasteiger partial charge in [-0.05, 0) is 76.5 Å². The number of carbonyl (C=O) groups excluding carboxylic acids is 3. The molecule has 3 amide bonds. The standard InChI is InChI=1S/C33H45N3O4/c1-23-14-11-12-21-27(23)29(30(37)34-25-17-9-6-10-18-25)36(26-19-13-20-26)31(38)28(22-24-15-7-5-8-16-24)35-32(39)40-33(2,3)4/h5,7-8,11-12,14-16,21,25-26,28-29H,6,9-10,13,17-20,22H2,1-4H3,(H,34,37)(H,35,39). The van der Waals surface area contributed by atoms with Gasteiger partial charge < -0.3 is 20.3 Å². The number of carbonyl (C=O) groups is 3. The summed E-state index contributed by atoms with van der Waals surface area (Å²) >= 11 is 0. The number of nitrogens with one attached hydrogen (secondary N) is 2. The SMILES string of the molecule is Cc1ccccc1C(C(=O)NC1CCCCC1)N(C(=O)C(Cc1ccccc1)NC(=O)OC(C)(C)C)C1CCC1.